The van der Waals surface area contributed by atoms with Crippen molar-refractivity contribution < 1.29 is 0 Å². The van der Waals surface area contributed by atoms with Crippen LogP contribution in [0.25, 0.3) is 0 Å². The molecular formula is C12H18BrN3. The van der Waals surface area contributed by atoms with Crippen LogP contribution in [0.15, 0.2) is 22.9 Å². The van der Waals surface area contributed by atoms with Gasteiger partial charge in [-0.05, 0) is 60.9 Å². The number of hydrogen-bond donors (Lipinski definition) is 1. The lowest BCUT2D eigenvalue weighted by molar-refractivity contribution is 0.226. The molecule has 1 fully saturated rings. The average Bonchev–Trinajstić information content (AvgIpc) is 2.30. The number of piperidine rings is 1. The molecule has 2 heterocycles. The molecule has 0 unspecified atom stereocenters. The Kier molecular flexibility index (Phi) is 4.18. The Bertz CT molecular complexity index is 335. The Labute approximate surface area is 105 Å². The lowest BCUT2D eigenvalue weighted by Gasteiger charge is -2.29. The standard InChI is InChI=1S/C12H18BrN3/c1-16-6-3-10(4-7-16)8-15-12-2-5-14-9-11(12)13/h2,5,9-10H,3-4,6-8H2,1H3,(H,14,15). The summed E-state index contributed by atoms with van der Waals surface area (Å²) in [5.41, 5.74) is 1.15. The number of rotatable bonds is 3. The van der Waals surface area contributed by atoms with Gasteiger partial charge in [-0.3, -0.25) is 4.98 Å². The molecule has 1 saturated heterocycles. The SMILES string of the molecule is CN1CCC(CNc2ccncc2Br)CC1. The van der Waals surface area contributed by atoms with E-state index in [2.05, 4.69) is 38.2 Å². The molecule has 16 heavy (non-hydrogen) atoms. The molecule has 1 N–H and O–H groups in total. The first kappa shape index (κ1) is 11.9. The van der Waals surface area contributed by atoms with Gasteiger partial charge in [-0.15, -0.1) is 0 Å². The fourth-order valence-electron chi connectivity index (χ4n) is 2.04. The molecule has 0 aliphatic carbocycles. The number of halogens is 1. The van der Waals surface area contributed by atoms with Gasteiger partial charge in [0.2, 0.25) is 0 Å². The zero-order valence-corrected chi connectivity index (χ0v) is 11.2. The number of likely N-dealkylation sites (tertiary alicyclic amines) is 1. The molecule has 1 aliphatic heterocycles. The van der Waals surface area contributed by atoms with Crippen LogP contribution >= 0.6 is 15.9 Å². The van der Waals surface area contributed by atoms with Crippen molar-refractivity contribution in [1.82, 2.24) is 9.88 Å². The van der Waals surface area contributed by atoms with Gasteiger partial charge in [0.05, 0.1) is 10.2 Å². The molecule has 0 amide bonds. The van der Waals surface area contributed by atoms with Crippen LogP contribution in [0.2, 0.25) is 0 Å². The highest BCUT2D eigenvalue weighted by atomic mass is 79.9. The quantitative estimate of drug-likeness (QED) is 0.924. The Hall–Kier alpha value is -0.610. The Morgan fingerprint density at radius 2 is 2.25 bits per heavy atom. The summed E-state index contributed by atoms with van der Waals surface area (Å²) in [5.74, 6) is 0.802. The van der Waals surface area contributed by atoms with Gasteiger partial charge in [0, 0.05) is 18.9 Å². The second-order valence-corrected chi connectivity index (χ2v) is 5.34. The topological polar surface area (TPSA) is 28.2 Å². The maximum Gasteiger partial charge on any atom is 0.0590 e. The summed E-state index contributed by atoms with van der Waals surface area (Å²) in [6, 6.07) is 2.01. The number of nitrogens with one attached hydrogen (secondary N) is 1. The van der Waals surface area contributed by atoms with E-state index in [4.69, 9.17) is 0 Å². The van der Waals surface area contributed by atoms with Gasteiger partial charge in [0.1, 0.15) is 0 Å². The number of nitrogens with zero attached hydrogens (tertiary/aromatic N) is 2. The minimum atomic E-state index is 0.802. The summed E-state index contributed by atoms with van der Waals surface area (Å²) in [6.07, 6.45) is 6.25. The number of aromatic nitrogens is 1. The fourth-order valence-corrected chi connectivity index (χ4v) is 2.43. The van der Waals surface area contributed by atoms with E-state index in [0.717, 1.165) is 22.6 Å². The molecule has 0 aromatic carbocycles. The van der Waals surface area contributed by atoms with Crippen molar-refractivity contribution in [3.8, 4) is 0 Å². The molecule has 0 radical (unpaired) electrons. The van der Waals surface area contributed by atoms with Crippen molar-refractivity contribution in [2.75, 3.05) is 32.0 Å². The number of anilines is 1. The highest BCUT2D eigenvalue weighted by Crippen LogP contribution is 2.22. The van der Waals surface area contributed by atoms with E-state index in [-0.39, 0.29) is 0 Å². The second-order valence-electron chi connectivity index (χ2n) is 4.48. The normalized spacial score (nSPS) is 18.6. The fraction of sp³-hybridized carbons (Fsp3) is 0.583. The average molecular weight is 284 g/mol. The minimum Gasteiger partial charge on any atom is -0.384 e. The lowest BCUT2D eigenvalue weighted by Crippen LogP contribution is -2.32. The molecule has 88 valence electrons. The molecule has 4 heteroatoms. The van der Waals surface area contributed by atoms with E-state index in [1.165, 1.54) is 25.9 Å². The molecule has 0 spiro atoms. The van der Waals surface area contributed by atoms with E-state index >= 15 is 0 Å². The Balaban J connectivity index is 1.81. The predicted octanol–water partition coefficient (Wildman–Crippen LogP) is 2.60. The number of hydrogen-bond acceptors (Lipinski definition) is 3. The van der Waals surface area contributed by atoms with Crippen LogP contribution in [-0.2, 0) is 0 Å². The van der Waals surface area contributed by atoms with Crippen LogP contribution in [0, 0.1) is 5.92 Å². The zero-order valence-electron chi connectivity index (χ0n) is 9.62. The van der Waals surface area contributed by atoms with Gasteiger partial charge in [-0.25, -0.2) is 0 Å². The summed E-state index contributed by atoms with van der Waals surface area (Å²) >= 11 is 3.50. The van der Waals surface area contributed by atoms with E-state index in [1.54, 1.807) is 0 Å². The first-order valence-electron chi connectivity index (χ1n) is 5.77. The van der Waals surface area contributed by atoms with Crippen LogP contribution in [-0.4, -0.2) is 36.6 Å². The highest BCUT2D eigenvalue weighted by molar-refractivity contribution is 9.10. The second kappa shape index (κ2) is 5.64. The Morgan fingerprint density at radius 3 is 2.94 bits per heavy atom. The molecule has 0 saturated carbocycles. The van der Waals surface area contributed by atoms with Gasteiger partial charge in [0.25, 0.3) is 0 Å². The van der Waals surface area contributed by atoms with Crippen molar-refractivity contribution in [3.05, 3.63) is 22.9 Å². The summed E-state index contributed by atoms with van der Waals surface area (Å²) in [4.78, 5) is 6.46. The molecule has 2 rings (SSSR count). The largest absolute Gasteiger partial charge is 0.384 e. The lowest BCUT2D eigenvalue weighted by atomic mass is 9.97. The third-order valence-corrected chi connectivity index (χ3v) is 3.82. The van der Waals surface area contributed by atoms with Crippen LogP contribution < -0.4 is 5.32 Å². The van der Waals surface area contributed by atoms with Gasteiger partial charge in [-0.1, -0.05) is 0 Å². The van der Waals surface area contributed by atoms with E-state index in [9.17, 15) is 0 Å². The molecule has 1 aromatic rings. The maximum atomic E-state index is 4.06. The van der Waals surface area contributed by atoms with Crippen LogP contribution in [0.5, 0.6) is 0 Å². The summed E-state index contributed by atoms with van der Waals surface area (Å²) < 4.78 is 1.04. The molecule has 1 aliphatic rings. The van der Waals surface area contributed by atoms with Gasteiger partial charge >= 0.3 is 0 Å². The summed E-state index contributed by atoms with van der Waals surface area (Å²) in [7, 11) is 2.20. The Morgan fingerprint density at radius 1 is 1.50 bits per heavy atom. The maximum absolute atomic E-state index is 4.06. The van der Waals surface area contributed by atoms with E-state index < -0.39 is 0 Å². The molecule has 0 atom stereocenters. The molecule has 1 aromatic heterocycles. The number of pyridine rings is 1. The van der Waals surface area contributed by atoms with Crippen molar-refractivity contribution in [1.29, 1.82) is 0 Å². The monoisotopic (exact) mass is 283 g/mol. The smallest absolute Gasteiger partial charge is 0.0590 e. The molecule has 0 bridgehead atoms. The van der Waals surface area contributed by atoms with Crippen molar-refractivity contribution in [2.24, 2.45) is 5.92 Å². The van der Waals surface area contributed by atoms with Crippen LogP contribution in [0.3, 0.4) is 0 Å². The molecule has 3 nitrogen and oxygen atoms in total. The van der Waals surface area contributed by atoms with Gasteiger partial charge < -0.3 is 10.2 Å². The summed E-state index contributed by atoms with van der Waals surface area (Å²) in [6.45, 7) is 3.52. The van der Waals surface area contributed by atoms with Gasteiger partial charge in [0.15, 0.2) is 0 Å². The van der Waals surface area contributed by atoms with Crippen molar-refractivity contribution in [2.45, 2.75) is 12.8 Å². The van der Waals surface area contributed by atoms with Crippen LogP contribution in [0.1, 0.15) is 12.8 Å². The van der Waals surface area contributed by atoms with Crippen molar-refractivity contribution in [3.63, 3.8) is 0 Å². The highest BCUT2D eigenvalue weighted by Gasteiger charge is 2.16. The minimum absolute atomic E-state index is 0.802. The molecular weight excluding hydrogens is 266 g/mol. The third-order valence-electron chi connectivity index (χ3n) is 3.19. The summed E-state index contributed by atoms with van der Waals surface area (Å²) in [5, 5.41) is 3.49. The van der Waals surface area contributed by atoms with E-state index in [1.807, 2.05) is 18.5 Å². The third kappa shape index (κ3) is 3.19. The predicted molar refractivity (Wildman–Crippen MR) is 70.6 cm³/mol. The zero-order chi connectivity index (χ0) is 11.4. The first-order chi connectivity index (χ1) is 7.75. The van der Waals surface area contributed by atoms with Crippen LogP contribution in [0.4, 0.5) is 5.69 Å². The van der Waals surface area contributed by atoms with E-state index in [0.29, 0.717) is 0 Å². The van der Waals surface area contributed by atoms with Gasteiger partial charge in [-0.2, -0.15) is 0 Å². The first-order valence-corrected chi connectivity index (χ1v) is 6.57. The van der Waals surface area contributed by atoms with Crippen molar-refractivity contribution >= 4 is 21.6 Å².